The van der Waals surface area contributed by atoms with Crippen LogP contribution in [0.1, 0.15) is 11.1 Å². The Hall–Kier alpha value is -1.89. The van der Waals surface area contributed by atoms with E-state index in [1.807, 2.05) is 6.07 Å². The van der Waals surface area contributed by atoms with Gasteiger partial charge in [-0.2, -0.15) is 5.26 Å². The Bertz CT molecular complexity index is 393. The van der Waals surface area contributed by atoms with Gasteiger partial charge in [0.05, 0.1) is 14.2 Å². The maximum Gasteiger partial charge on any atom is 0.179 e. The van der Waals surface area contributed by atoms with Gasteiger partial charge in [-0.15, -0.1) is 0 Å². The molecular weight excluding hydrogens is 182 g/mol. The number of phenolic OH excluding ortho intramolecular Hbond substituents is 1. The van der Waals surface area contributed by atoms with E-state index in [0.717, 1.165) is 0 Å². The van der Waals surface area contributed by atoms with Crippen molar-refractivity contribution >= 4 is 0 Å². The SMILES string of the molecule is COc1c(C#N)cc(O)c(C)c1OC. The zero-order chi connectivity index (χ0) is 10.7. The number of rotatable bonds is 2. The number of phenols is 1. The van der Waals surface area contributed by atoms with Crippen LogP contribution < -0.4 is 9.47 Å². The first-order chi connectivity index (χ1) is 6.65. The van der Waals surface area contributed by atoms with Crippen LogP contribution in [0.3, 0.4) is 0 Å². The molecule has 0 aliphatic rings. The number of nitrogens with zero attached hydrogens (tertiary/aromatic N) is 1. The molecule has 1 rings (SSSR count). The number of hydrogen-bond acceptors (Lipinski definition) is 4. The van der Waals surface area contributed by atoms with Crippen LogP contribution >= 0.6 is 0 Å². The Kier molecular flexibility index (Phi) is 2.82. The van der Waals surface area contributed by atoms with Gasteiger partial charge < -0.3 is 14.6 Å². The summed E-state index contributed by atoms with van der Waals surface area (Å²) in [5, 5.41) is 18.3. The number of ether oxygens (including phenoxy) is 2. The Balaban J connectivity index is 3.52. The van der Waals surface area contributed by atoms with E-state index in [4.69, 9.17) is 14.7 Å². The summed E-state index contributed by atoms with van der Waals surface area (Å²) in [6.07, 6.45) is 0. The lowest BCUT2D eigenvalue weighted by Gasteiger charge is -2.12. The van der Waals surface area contributed by atoms with E-state index in [1.165, 1.54) is 20.3 Å². The van der Waals surface area contributed by atoms with E-state index >= 15 is 0 Å². The van der Waals surface area contributed by atoms with Crippen LogP contribution in [0, 0.1) is 18.3 Å². The van der Waals surface area contributed by atoms with Gasteiger partial charge in [-0.3, -0.25) is 0 Å². The maximum absolute atomic E-state index is 9.48. The number of hydrogen-bond donors (Lipinski definition) is 1. The van der Waals surface area contributed by atoms with Gasteiger partial charge in [-0.25, -0.2) is 0 Å². The van der Waals surface area contributed by atoms with E-state index < -0.39 is 0 Å². The number of methoxy groups -OCH3 is 2. The molecule has 0 heterocycles. The van der Waals surface area contributed by atoms with E-state index in [0.29, 0.717) is 17.1 Å². The summed E-state index contributed by atoms with van der Waals surface area (Å²) < 4.78 is 10.1. The Morgan fingerprint density at radius 1 is 1.29 bits per heavy atom. The van der Waals surface area contributed by atoms with Crippen molar-refractivity contribution in [3.8, 4) is 23.3 Å². The molecule has 4 nitrogen and oxygen atoms in total. The first-order valence-electron chi connectivity index (χ1n) is 4.00. The van der Waals surface area contributed by atoms with Crippen LogP contribution in [0.2, 0.25) is 0 Å². The van der Waals surface area contributed by atoms with Crippen molar-refractivity contribution in [3.05, 3.63) is 17.2 Å². The van der Waals surface area contributed by atoms with Crippen LogP contribution in [-0.4, -0.2) is 19.3 Å². The number of aromatic hydroxyl groups is 1. The van der Waals surface area contributed by atoms with Gasteiger partial charge in [0.25, 0.3) is 0 Å². The fourth-order valence-corrected chi connectivity index (χ4v) is 1.25. The lowest BCUT2D eigenvalue weighted by atomic mass is 10.1. The second kappa shape index (κ2) is 3.88. The highest BCUT2D eigenvalue weighted by molar-refractivity contribution is 5.61. The van der Waals surface area contributed by atoms with E-state index in [9.17, 15) is 5.11 Å². The van der Waals surface area contributed by atoms with Gasteiger partial charge in [-0.1, -0.05) is 0 Å². The molecule has 0 spiro atoms. The fourth-order valence-electron chi connectivity index (χ4n) is 1.25. The molecule has 4 heteroatoms. The van der Waals surface area contributed by atoms with Crippen LogP contribution in [0.25, 0.3) is 0 Å². The summed E-state index contributed by atoms with van der Waals surface area (Å²) in [4.78, 5) is 0. The van der Waals surface area contributed by atoms with Crippen molar-refractivity contribution < 1.29 is 14.6 Å². The third-order valence-electron chi connectivity index (χ3n) is 1.99. The van der Waals surface area contributed by atoms with Crippen LogP contribution in [-0.2, 0) is 0 Å². The minimum absolute atomic E-state index is 0.0270. The predicted molar refractivity (Wildman–Crippen MR) is 50.7 cm³/mol. The molecule has 0 aliphatic carbocycles. The fraction of sp³-hybridized carbons (Fsp3) is 0.300. The van der Waals surface area contributed by atoms with Gasteiger partial charge in [0.15, 0.2) is 11.5 Å². The molecule has 0 fully saturated rings. The van der Waals surface area contributed by atoms with Crippen molar-refractivity contribution in [1.82, 2.24) is 0 Å². The van der Waals surface area contributed by atoms with Crippen molar-refractivity contribution in [2.75, 3.05) is 14.2 Å². The average molecular weight is 193 g/mol. The summed E-state index contributed by atoms with van der Waals surface area (Å²) in [7, 11) is 2.92. The summed E-state index contributed by atoms with van der Waals surface area (Å²) in [5.74, 6) is 0.772. The Morgan fingerprint density at radius 2 is 1.86 bits per heavy atom. The van der Waals surface area contributed by atoms with Gasteiger partial charge in [-0.05, 0) is 6.92 Å². The Morgan fingerprint density at radius 3 is 2.29 bits per heavy atom. The molecule has 74 valence electrons. The van der Waals surface area contributed by atoms with Crippen LogP contribution in [0.4, 0.5) is 0 Å². The van der Waals surface area contributed by atoms with Crippen LogP contribution in [0.5, 0.6) is 17.2 Å². The zero-order valence-corrected chi connectivity index (χ0v) is 8.29. The highest BCUT2D eigenvalue weighted by atomic mass is 16.5. The monoisotopic (exact) mass is 193 g/mol. The third-order valence-corrected chi connectivity index (χ3v) is 1.99. The quantitative estimate of drug-likeness (QED) is 0.774. The molecular formula is C10H11NO3. The first kappa shape index (κ1) is 10.2. The minimum atomic E-state index is 0.0270. The molecule has 0 aliphatic heterocycles. The molecule has 0 saturated heterocycles. The third kappa shape index (κ3) is 1.44. The van der Waals surface area contributed by atoms with Gasteiger partial charge >= 0.3 is 0 Å². The summed E-state index contributed by atoms with van der Waals surface area (Å²) >= 11 is 0. The minimum Gasteiger partial charge on any atom is -0.507 e. The standard InChI is InChI=1S/C10H11NO3/c1-6-8(12)4-7(5-11)10(14-3)9(6)13-2/h4,12H,1-3H3. The molecule has 1 aromatic carbocycles. The van der Waals surface area contributed by atoms with Crippen molar-refractivity contribution in [3.63, 3.8) is 0 Å². The van der Waals surface area contributed by atoms with Crippen molar-refractivity contribution in [2.24, 2.45) is 0 Å². The molecule has 1 N–H and O–H groups in total. The molecule has 0 amide bonds. The Labute approximate surface area is 82.3 Å². The predicted octanol–water partition coefficient (Wildman–Crippen LogP) is 1.59. The smallest absolute Gasteiger partial charge is 0.179 e. The van der Waals surface area contributed by atoms with Crippen molar-refractivity contribution in [2.45, 2.75) is 6.92 Å². The molecule has 1 aromatic rings. The van der Waals surface area contributed by atoms with Crippen molar-refractivity contribution in [1.29, 1.82) is 5.26 Å². The summed E-state index contributed by atoms with van der Waals surface area (Å²) in [6, 6.07) is 3.28. The summed E-state index contributed by atoms with van der Waals surface area (Å²) in [5.41, 5.74) is 0.816. The molecule has 0 saturated carbocycles. The molecule has 0 atom stereocenters. The highest BCUT2D eigenvalue weighted by Crippen LogP contribution is 2.39. The lowest BCUT2D eigenvalue weighted by Crippen LogP contribution is -1.96. The molecule has 0 bridgehead atoms. The second-order valence-corrected chi connectivity index (χ2v) is 2.75. The maximum atomic E-state index is 9.48. The average Bonchev–Trinajstić information content (AvgIpc) is 2.20. The number of nitriles is 1. The topological polar surface area (TPSA) is 62.5 Å². The first-order valence-corrected chi connectivity index (χ1v) is 4.00. The molecule has 0 unspecified atom stereocenters. The molecule has 0 aromatic heterocycles. The lowest BCUT2D eigenvalue weighted by molar-refractivity contribution is 0.347. The normalized spacial score (nSPS) is 9.29. The van der Waals surface area contributed by atoms with Gasteiger partial charge in [0.1, 0.15) is 17.4 Å². The molecule has 14 heavy (non-hydrogen) atoms. The largest absolute Gasteiger partial charge is 0.507 e. The molecule has 0 radical (unpaired) electrons. The zero-order valence-electron chi connectivity index (χ0n) is 8.29. The van der Waals surface area contributed by atoms with Gasteiger partial charge in [0, 0.05) is 11.6 Å². The summed E-state index contributed by atoms with van der Waals surface area (Å²) in [6.45, 7) is 1.69. The van der Waals surface area contributed by atoms with E-state index in [-0.39, 0.29) is 11.3 Å². The second-order valence-electron chi connectivity index (χ2n) is 2.75. The van der Waals surface area contributed by atoms with Gasteiger partial charge in [0.2, 0.25) is 0 Å². The highest BCUT2D eigenvalue weighted by Gasteiger charge is 2.16. The van der Waals surface area contributed by atoms with E-state index in [1.54, 1.807) is 6.92 Å². The number of benzene rings is 1. The van der Waals surface area contributed by atoms with E-state index in [2.05, 4.69) is 0 Å². The van der Waals surface area contributed by atoms with Crippen LogP contribution in [0.15, 0.2) is 6.07 Å².